The second-order valence-electron chi connectivity index (χ2n) is 8.34. The minimum absolute atomic E-state index is 0.294. The lowest BCUT2D eigenvalue weighted by atomic mass is 9.85. The monoisotopic (exact) mass is 380 g/mol. The minimum Gasteiger partial charge on any atom is -0.497 e. The lowest BCUT2D eigenvalue weighted by Gasteiger charge is -2.33. The molecule has 0 radical (unpaired) electrons. The molecule has 0 aliphatic carbocycles. The Balaban J connectivity index is 1.39. The van der Waals surface area contributed by atoms with Crippen LogP contribution in [0, 0.1) is 5.92 Å². The van der Waals surface area contributed by atoms with Crippen LogP contribution in [0.3, 0.4) is 0 Å². The van der Waals surface area contributed by atoms with E-state index in [9.17, 15) is 4.79 Å². The second kappa shape index (κ2) is 6.62. The zero-order valence-electron chi connectivity index (χ0n) is 16.7. The molecule has 5 rings (SSSR count). The van der Waals surface area contributed by atoms with Crippen molar-refractivity contribution in [3.05, 3.63) is 47.8 Å². The van der Waals surface area contributed by atoms with Crippen LogP contribution in [0.1, 0.15) is 43.4 Å². The first-order valence-corrected chi connectivity index (χ1v) is 10.4. The van der Waals surface area contributed by atoms with Gasteiger partial charge in [0.05, 0.1) is 13.3 Å². The Bertz CT molecular complexity index is 894. The van der Waals surface area contributed by atoms with Crippen molar-refractivity contribution in [1.29, 1.82) is 0 Å². The second-order valence-corrected chi connectivity index (χ2v) is 8.34. The molecular formula is C22H28N4O2. The summed E-state index contributed by atoms with van der Waals surface area (Å²) in [6.45, 7) is 5.52. The third kappa shape index (κ3) is 2.50. The fraction of sp³-hybridized carbons (Fsp3) is 0.545. The quantitative estimate of drug-likeness (QED) is 0.800. The first-order valence-electron chi connectivity index (χ1n) is 10.4. The molecule has 1 spiro atoms. The molecule has 3 fully saturated rings. The number of benzene rings is 1. The van der Waals surface area contributed by atoms with Gasteiger partial charge in [0.1, 0.15) is 11.3 Å². The number of likely N-dealkylation sites (tertiary alicyclic amines) is 1. The van der Waals surface area contributed by atoms with Crippen molar-refractivity contribution in [2.45, 2.75) is 50.9 Å². The van der Waals surface area contributed by atoms with Crippen LogP contribution >= 0.6 is 0 Å². The summed E-state index contributed by atoms with van der Waals surface area (Å²) in [5.41, 5.74) is 2.11. The molecule has 3 aliphatic rings. The number of hydrogen-bond donors (Lipinski definition) is 0. The summed E-state index contributed by atoms with van der Waals surface area (Å²) in [6, 6.07) is 8.39. The van der Waals surface area contributed by atoms with Gasteiger partial charge in [0, 0.05) is 43.4 Å². The zero-order chi connectivity index (χ0) is 19.3. The number of aryl methyl sites for hydroxylation is 1. The van der Waals surface area contributed by atoms with E-state index in [4.69, 9.17) is 4.74 Å². The third-order valence-electron chi connectivity index (χ3n) is 7.00. The van der Waals surface area contributed by atoms with E-state index in [2.05, 4.69) is 34.1 Å². The number of carbonyl (C=O) groups is 1. The van der Waals surface area contributed by atoms with Crippen molar-refractivity contribution in [2.75, 3.05) is 20.2 Å². The summed E-state index contributed by atoms with van der Waals surface area (Å²) in [5.74, 6) is 1.57. The average Bonchev–Trinajstić information content (AvgIpc) is 3.46. The van der Waals surface area contributed by atoms with E-state index < -0.39 is 0 Å². The largest absolute Gasteiger partial charge is 0.497 e. The van der Waals surface area contributed by atoms with Crippen molar-refractivity contribution >= 4 is 5.91 Å². The van der Waals surface area contributed by atoms with Gasteiger partial charge in [-0.15, -0.1) is 0 Å². The molecule has 0 bridgehead atoms. The Hall–Kier alpha value is -2.34. The molecule has 148 valence electrons. The van der Waals surface area contributed by atoms with Crippen LogP contribution in [0.5, 0.6) is 5.75 Å². The van der Waals surface area contributed by atoms with Crippen LogP contribution in [0.15, 0.2) is 36.7 Å². The molecule has 1 aromatic carbocycles. The van der Waals surface area contributed by atoms with Crippen LogP contribution < -0.4 is 4.74 Å². The number of rotatable bonds is 5. The highest BCUT2D eigenvalue weighted by atomic mass is 16.5. The Morgan fingerprint density at radius 1 is 1.36 bits per heavy atom. The van der Waals surface area contributed by atoms with Gasteiger partial charge in [0.25, 0.3) is 0 Å². The Morgan fingerprint density at radius 3 is 3.04 bits per heavy atom. The number of aromatic nitrogens is 2. The highest BCUT2D eigenvalue weighted by molar-refractivity contribution is 5.90. The molecule has 28 heavy (non-hydrogen) atoms. The highest BCUT2D eigenvalue weighted by Gasteiger charge is 2.65. The predicted molar refractivity (Wildman–Crippen MR) is 106 cm³/mol. The maximum absolute atomic E-state index is 13.6. The minimum atomic E-state index is -0.294. The number of carbonyl (C=O) groups excluding carboxylic acids is 1. The first-order chi connectivity index (χ1) is 13.7. The molecule has 6 heteroatoms. The Morgan fingerprint density at radius 2 is 2.25 bits per heavy atom. The van der Waals surface area contributed by atoms with Crippen molar-refractivity contribution in [3.63, 3.8) is 0 Å². The third-order valence-corrected chi connectivity index (χ3v) is 7.00. The van der Waals surface area contributed by atoms with E-state index in [-0.39, 0.29) is 5.54 Å². The Kier molecular flexibility index (Phi) is 4.19. The SMILES string of the molecule is CCn1cc([C@@H]2C[C@H]3CN(Cc4cccc(OC)c4)C(=O)[C@]34CCCN24)cn1. The molecule has 0 saturated carbocycles. The Labute approximate surface area is 166 Å². The topological polar surface area (TPSA) is 50.6 Å². The van der Waals surface area contributed by atoms with E-state index in [1.165, 1.54) is 5.56 Å². The van der Waals surface area contributed by atoms with Crippen LogP contribution in [0.4, 0.5) is 0 Å². The standard InChI is InChI=1S/C22H28N4O2/c1-3-25-14-17(12-23-25)20-11-18-15-24(13-16-6-4-7-19(10-16)28-2)21(27)22(18)8-5-9-26(20)22/h4,6-7,10,12,14,18,20H,3,5,8-9,11,13,15H2,1-2H3/t18-,20-,22-/m0/s1. The van der Waals surface area contributed by atoms with Gasteiger partial charge in [-0.1, -0.05) is 12.1 Å². The highest BCUT2D eigenvalue weighted by Crippen LogP contribution is 2.56. The van der Waals surface area contributed by atoms with Crippen LogP contribution in [0.25, 0.3) is 0 Å². The van der Waals surface area contributed by atoms with Gasteiger partial charge in [-0.05, 0) is 50.4 Å². The van der Waals surface area contributed by atoms with Gasteiger partial charge in [0.2, 0.25) is 5.91 Å². The van der Waals surface area contributed by atoms with E-state index in [1.807, 2.05) is 29.1 Å². The molecule has 0 unspecified atom stereocenters. The summed E-state index contributed by atoms with van der Waals surface area (Å²) < 4.78 is 7.33. The van der Waals surface area contributed by atoms with Gasteiger partial charge in [0.15, 0.2) is 0 Å². The van der Waals surface area contributed by atoms with Gasteiger partial charge < -0.3 is 9.64 Å². The van der Waals surface area contributed by atoms with Gasteiger partial charge in [-0.3, -0.25) is 14.4 Å². The molecule has 3 saturated heterocycles. The smallest absolute Gasteiger partial charge is 0.243 e. The molecule has 4 heterocycles. The van der Waals surface area contributed by atoms with Gasteiger partial charge in [-0.25, -0.2) is 0 Å². The molecule has 0 N–H and O–H groups in total. The zero-order valence-corrected chi connectivity index (χ0v) is 16.7. The molecule has 6 nitrogen and oxygen atoms in total. The summed E-state index contributed by atoms with van der Waals surface area (Å²) in [7, 11) is 1.68. The summed E-state index contributed by atoms with van der Waals surface area (Å²) in [6.07, 6.45) is 7.31. The number of hydrogen-bond acceptors (Lipinski definition) is 4. The molecule has 1 amide bonds. The fourth-order valence-electron chi connectivity index (χ4n) is 5.75. The van der Waals surface area contributed by atoms with Crippen LogP contribution in [-0.4, -0.2) is 51.2 Å². The number of nitrogens with zero attached hydrogens (tertiary/aromatic N) is 4. The van der Waals surface area contributed by atoms with E-state index in [1.54, 1.807) is 7.11 Å². The molecule has 2 aromatic rings. The molecule has 3 atom stereocenters. The average molecular weight is 380 g/mol. The predicted octanol–water partition coefficient (Wildman–Crippen LogP) is 2.85. The van der Waals surface area contributed by atoms with Crippen molar-refractivity contribution in [2.24, 2.45) is 5.92 Å². The summed E-state index contributed by atoms with van der Waals surface area (Å²) in [4.78, 5) is 18.2. The van der Waals surface area contributed by atoms with Crippen LogP contribution in [-0.2, 0) is 17.9 Å². The van der Waals surface area contributed by atoms with E-state index in [0.717, 1.165) is 50.2 Å². The first kappa shape index (κ1) is 17.7. The molecule has 3 aliphatic heterocycles. The lowest BCUT2D eigenvalue weighted by Crippen LogP contribution is -2.49. The van der Waals surface area contributed by atoms with Gasteiger partial charge >= 0.3 is 0 Å². The number of amides is 1. The summed E-state index contributed by atoms with van der Waals surface area (Å²) >= 11 is 0. The van der Waals surface area contributed by atoms with E-state index in [0.29, 0.717) is 24.4 Å². The van der Waals surface area contributed by atoms with Crippen molar-refractivity contribution in [1.82, 2.24) is 19.6 Å². The normalized spacial score (nSPS) is 29.4. The van der Waals surface area contributed by atoms with E-state index >= 15 is 0 Å². The fourth-order valence-corrected chi connectivity index (χ4v) is 5.75. The number of ether oxygens (including phenoxy) is 1. The molecule has 1 aromatic heterocycles. The number of methoxy groups -OCH3 is 1. The van der Waals surface area contributed by atoms with Gasteiger partial charge in [-0.2, -0.15) is 5.10 Å². The maximum Gasteiger partial charge on any atom is 0.243 e. The van der Waals surface area contributed by atoms with Crippen molar-refractivity contribution < 1.29 is 9.53 Å². The van der Waals surface area contributed by atoms with Crippen molar-refractivity contribution in [3.8, 4) is 5.75 Å². The molecular weight excluding hydrogens is 352 g/mol. The maximum atomic E-state index is 13.6. The van der Waals surface area contributed by atoms with Crippen LogP contribution in [0.2, 0.25) is 0 Å². The lowest BCUT2D eigenvalue weighted by molar-refractivity contribution is -0.137. The summed E-state index contributed by atoms with van der Waals surface area (Å²) in [5, 5.41) is 4.47.